The Morgan fingerprint density at radius 3 is 2.81 bits per heavy atom. The predicted octanol–water partition coefficient (Wildman–Crippen LogP) is 2.04. The molecule has 0 bridgehead atoms. The van der Waals surface area contributed by atoms with E-state index in [0.717, 1.165) is 16.7 Å². The van der Waals surface area contributed by atoms with E-state index in [1.165, 1.54) is 10.9 Å². The molecule has 3 aromatic heterocycles. The van der Waals surface area contributed by atoms with E-state index in [0.29, 0.717) is 11.9 Å². The zero-order valence-corrected chi connectivity index (χ0v) is 14.9. The standard InChI is InChI=1S/C15H10BrF3N6O2/c16-10-1-2-11(21-5-10)7-25-8-13(27-24-25)23-14(26)22-12-3-9(4-20-6-12)15(17,18)19/h1-6,8H,7H2,(H-,22,23,24,26). The second-order valence-corrected chi connectivity index (χ2v) is 6.12. The average Bonchev–Trinajstić information content (AvgIpc) is 3.03. The maximum absolute atomic E-state index is 12.6. The highest BCUT2D eigenvalue weighted by Crippen LogP contribution is 2.29. The van der Waals surface area contributed by atoms with Crippen LogP contribution >= 0.6 is 15.9 Å². The van der Waals surface area contributed by atoms with E-state index >= 15 is 0 Å². The lowest BCUT2D eigenvalue weighted by molar-refractivity contribution is -0.755. The van der Waals surface area contributed by atoms with Gasteiger partial charge in [-0.3, -0.25) is 14.5 Å². The Morgan fingerprint density at radius 1 is 1.30 bits per heavy atom. The maximum Gasteiger partial charge on any atom is 0.417 e. The zero-order chi connectivity index (χ0) is 19.4. The molecule has 0 saturated heterocycles. The molecule has 3 heterocycles. The first-order chi connectivity index (χ1) is 12.8. The Hall–Kier alpha value is -3.02. The molecular formula is C15H10BrF3N6O2. The molecule has 8 nitrogen and oxygen atoms in total. The summed E-state index contributed by atoms with van der Waals surface area (Å²) in [6.45, 7) is 0.283. The lowest BCUT2D eigenvalue weighted by Crippen LogP contribution is -2.35. The zero-order valence-electron chi connectivity index (χ0n) is 13.3. The minimum Gasteiger partial charge on any atom is -0.846 e. The van der Waals surface area contributed by atoms with Crippen LogP contribution in [0.2, 0.25) is 0 Å². The second kappa shape index (κ2) is 7.70. The van der Waals surface area contributed by atoms with Crippen LogP contribution in [0.25, 0.3) is 0 Å². The third-order valence-corrected chi connectivity index (χ3v) is 3.61. The number of hydrogen-bond acceptors (Lipinski definition) is 6. The van der Waals surface area contributed by atoms with Crippen molar-refractivity contribution >= 4 is 33.5 Å². The summed E-state index contributed by atoms with van der Waals surface area (Å²) in [5, 5.41) is 17.7. The number of rotatable bonds is 4. The molecule has 0 aromatic carbocycles. The Balaban J connectivity index is 1.68. The van der Waals surface area contributed by atoms with Crippen molar-refractivity contribution in [3.05, 3.63) is 58.7 Å². The molecule has 0 aliphatic heterocycles. The molecule has 0 unspecified atom stereocenters. The highest BCUT2D eigenvalue weighted by molar-refractivity contribution is 9.10. The molecule has 3 aromatic rings. The quantitative estimate of drug-likeness (QED) is 0.376. The van der Waals surface area contributed by atoms with Gasteiger partial charge < -0.3 is 10.4 Å². The minimum absolute atomic E-state index is 0.121. The predicted molar refractivity (Wildman–Crippen MR) is 87.7 cm³/mol. The van der Waals surface area contributed by atoms with E-state index in [4.69, 9.17) is 4.52 Å². The smallest absolute Gasteiger partial charge is 0.417 e. The molecule has 27 heavy (non-hydrogen) atoms. The summed E-state index contributed by atoms with van der Waals surface area (Å²) in [5.74, 6) is -0.121. The van der Waals surface area contributed by atoms with Gasteiger partial charge in [0.2, 0.25) is 11.8 Å². The van der Waals surface area contributed by atoms with Crippen molar-refractivity contribution in [1.29, 1.82) is 0 Å². The highest BCUT2D eigenvalue weighted by Gasteiger charge is 2.31. The molecule has 0 fully saturated rings. The molecule has 1 N–H and O–H groups in total. The molecule has 0 atom stereocenters. The SMILES string of the molecule is [O-]C(=Nc1c[n+](Cc2ccc(Br)cn2)no1)Nc1cncc(C(F)(F)F)c1. The molecule has 0 aliphatic carbocycles. The number of halogens is 4. The summed E-state index contributed by atoms with van der Waals surface area (Å²) < 4.78 is 45.0. The van der Waals surface area contributed by atoms with Crippen LogP contribution in [-0.4, -0.2) is 21.3 Å². The first-order valence-electron chi connectivity index (χ1n) is 7.31. The number of alkyl halides is 3. The highest BCUT2D eigenvalue weighted by atomic mass is 79.9. The fourth-order valence-corrected chi connectivity index (χ4v) is 2.21. The van der Waals surface area contributed by atoms with Crippen molar-refractivity contribution in [1.82, 2.24) is 15.2 Å². The first-order valence-corrected chi connectivity index (χ1v) is 8.11. The van der Waals surface area contributed by atoms with Gasteiger partial charge in [-0.1, -0.05) is 0 Å². The van der Waals surface area contributed by atoms with Crippen molar-refractivity contribution < 1.29 is 27.5 Å². The van der Waals surface area contributed by atoms with E-state index in [-0.39, 0.29) is 18.1 Å². The molecule has 0 amide bonds. The summed E-state index contributed by atoms with van der Waals surface area (Å²) in [6, 6.07) is 3.40. The molecule has 12 heteroatoms. The fraction of sp³-hybridized carbons (Fsp3) is 0.133. The van der Waals surface area contributed by atoms with Gasteiger partial charge in [-0.25, -0.2) is 4.99 Å². The van der Waals surface area contributed by atoms with Crippen molar-refractivity contribution in [2.24, 2.45) is 4.99 Å². The maximum atomic E-state index is 12.6. The van der Waals surface area contributed by atoms with Crippen LogP contribution in [-0.2, 0) is 12.7 Å². The van der Waals surface area contributed by atoms with Gasteiger partial charge in [0.15, 0.2) is 0 Å². The van der Waals surface area contributed by atoms with E-state index in [2.05, 4.69) is 41.5 Å². The number of nitrogens with one attached hydrogen (secondary N) is 1. The van der Waals surface area contributed by atoms with Crippen molar-refractivity contribution in [2.75, 3.05) is 5.32 Å². The fourth-order valence-electron chi connectivity index (χ4n) is 1.97. The van der Waals surface area contributed by atoms with Gasteiger partial charge in [0.25, 0.3) is 6.20 Å². The first kappa shape index (κ1) is 18.8. The van der Waals surface area contributed by atoms with Gasteiger partial charge in [-0.05, 0) is 38.8 Å². The molecule has 0 spiro atoms. The third-order valence-electron chi connectivity index (χ3n) is 3.14. The molecule has 3 rings (SSSR count). The molecule has 0 saturated carbocycles. The van der Waals surface area contributed by atoms with Gasteiger partial charge in [-0.2, -0.15) is 13.2 Å². The van der Waals surface area contributed by atoms with Crippen LogP contribution in [0.4, 0.5) is 24.7 Å². The number of aliphatic imine (C=N–C) groups is 1. The number of nitrogens with zero attached hydrogens (tertiary/aromatic N) is 5. The Bertz CT molecular complexity index is 959. The number of pyridine rings is 2. The van der Waals surface area contributed by atoms with Crippen LogP contribution in [0.15, 0.2) is 57.0 Å². The summed E-state index contributed by atoms with van der Waals surface area (Å²) in [7, 11) is 0. The van der Waals surface area contributed by atoms with E-state index in [1.807, 2.05) is 6.07 Å². The second-order valence-electron chi connectivity index (χ2n) is 5.21. The topological polar surface area (TPSA) is 103 Å². The van der Waals surface area contributed by atoms with Crippen LogP contribution in [0.3, 0.4) is 0 Å². The number of aromatic nitrogens is 4. The monoisotopic (exact) mass is 442 g/mol. The van der Waals surface area contributed by atoms with Crippen molar-refractivity contribution in [3.8, 4) is 0 Å². The lowest BCUT2D eigenvalue weighted by Gasteiger charge is -2.13. The van der Waals surface area contributed by atoms with Gasteiger partial charge in [0.1, 0.15) is 5.69 Å². The molecule has 140 valence electrons. The summed E-state index contributed by atoms with van der Waals surface area (Å²) in [4.78, 5) is 11.2. The van der Waals surface area contributed by atoms with Gasteiger partial charge >= 0.3 is 12.1 Å². The van der Waals surface area contributed by atoms with Gasteiger partial charge in [0.05, 0.1) is 23.5 Å². The number of anilines is 1. The minimum atomic E-state index is -4.57. The lowest BCUT2D eigenvalue weighted by atomic mass is 10.2. The summed E-state index contributed by atoms with van der Waals surface area (Å²) in [6.07, 6.45) is 0.138. The molecular weight excluding hydrogens is 433 g/mol. The normalized spacial score (nSPS) is 12.2. The van der Waals surface area contributed by atoms with E-state index in [9.17, 15) is 18.3 Å². The largest absolute Gasteiger partial charge is 0.846 e. The van der Waals surface area contributed by atoms with Gasteiger partial charge in [0, 0.05) is 16.9 Å². The van der Waals surface area contributed by atoms with E-state index in [1.54, 1.807) is 12.3 Å². The number of hydrogen-bond donors (Lipinski definition) is 1. The van der Waals surface area contributed by atoms with Gasteiger partial charge in [-0.15, -0.1) is 0 Å². The van der Waals surface area contributed by atoms with Crippen LogP contribution in [0.1, 0.15) is 11.3 Å². The van der Waals surface area contributed by atoms with Crippen molar-refractivity contribution in [2.45, 2.75) is 12.7 Å². The van der Waals surface area contributed by atoms with Crippen LogP contribution in [0.5, 0.6) is 0 Å². The van der Waals surface area contributed by atoms with Crippen molar-refractivity contribution in [3.63, 3.8) is 0 Å². The molecule has 0 radical (unpaired) electrons. The third kappa shape index (κ3) is 5.23. The van der Waals surface area contributed by atoms with Crippen LogP contribution < -0.4 is 15.1 Å². The van der Waals surface area contributed by atoms with E-state index < -0.39 is 17.8 Å². The Kier molecular flexibility index (Phi) is 5.35. The Labute approximate surface area is 158 Å². The number of amidine groups is 1. The summed E-state index contributed by atoms with van der Waals surface area (Å²) in [5.41, 5.74) is -0.438. The van der Waals surface area contributed by atoms with Crippen LogP contribution in [0, 0.1) is 0 Å². The average molecular weight is 443 g/mol. The molecule has 0 aliphatic rings. The summed E-state index contributed by atoms with van der Waals surface area (Å²) >= 11 is 3.27. The Morgan fingerprint density at radius 2 is 2.11 bits per heavy atom.